The van der Waals surface area contributed by atoms with Gasteiger partial charge in [0.2, 0.25) is 11.0 Å². The molecule has 3 aromatic carbocycles. The molecule has 0 bridgehead atoms. The number of hydrogen-bond acceptors (Lipinski definition) is 2. The molecule has 1 heterocycles. The summed E-state index contributed by atoms with van der Waals surface area (Å²) >= 11 is 0. The van der Waals surface area contributed by atoms with Crippen LogP contribution in [-0.4, -0.2) is 18.3 Å². The van der Waals surface area contributed by atoms with Gasteiger partial charge in [0.05, 0.1) is 10.8 Å². The molecule has 140 valence electrons. The monoisotopic (exact) mass is 369 g/mol. The predicted molar refractivity (Wildman–Crippen MR) is 117 cm³/mol. The van der Waals surface area contributed by atoms with Gasteiger partial charge in [-0.05, 0) is 42.3 Å². The Morgan fingerprint density at radius 2 is 1.46 bits per heavy atom. The van der Waals surface area contributed by atoms with Gasteiger partial charge in [0, 0.05) is 36.5 Å². The first-order valence-corrected chi connectivity index (χ1v) is 9.73. The average Bonchev–Trinajstić information content (AvgIpc) is 2.75. The maximum absolute atomic E-state index is 8.95. The summed E-state index contributed by atoms with van der Waals surface area (Å²) in [5, 5.41) is 14.8. The molecule has 28 heavy (non-hydrogen) atoms. The largest absolute Gasteiger partial charge is 0.396 e. The van der Waals surface area contributed by atoms with Crippen LogP contribution in [0.2, 0.25) is 0 Å². The summed E-state index contributed by atoms with van der Waals surface area (Å²) in [4.78, 5) is 0. The fourth-order valence-corrected chi connectivity index (χ4v) is 3.82. The Hall–Kier alpha value is -3.17. The lowest BCUT2D eigenvalue weighted by atomic mass is 9.95. The number of aliphatic hydroxyl groups excluding tert-OH is 1. The summed E-state index contributed by atoms with van der Waals surface area (Å²) in [5.41, 5.74) is 5.95. The lowest BCUT2D eigenvalue weighted by Crippen LogP contribution is -2.34. The van der Waals surface area contributed by atoms with E-state index < -0.39 is 0 Å². The molecular formula is C25H25N2O+. The maximum atomic E-state index is 8.95. The van der Waals surface area contributed by atoms with Crippen molar-refractivity contribution < 1.29 is 9.67 Å². The number of aliphatic hydroxyl groups is 1. The number of fused-ring (bicyclic) bond motifs is 2. The number of para-hydroxylation sites is 2. The summed E-state index contributed by atoms with van der Waals surface area (Å²) in [5.74, 6) is 0. The van der Waals surface area contributed by atoms with Crippen molar-refractivity contribution in [1.82, 2.24) is 0 Å². The van der Waals surface area contributed by atoms with Gasteiger partial charge in [0.15, 0.2) is 6.54 Å². The minimum atomic E-state index is 0.206. The SMILES string of the molecule is C=CC[n+]1c2ccccc2c(-c2ccc(NCCCO)cc2)c2ccccc21. The molecule has 0 aliphatic heterocycles. The highest BCUT2D eigenvalue weighted by Gasteiger charge is 2.19. The average molecular weight is 369 g/mol. The van der Waals surface area contributed by atoms with Crippen molar-refractivity contribution in [2.75, 3.05) is 18.5 Å². The number of nitrogens with one attached hydrogen (secondary N) is 1. The molecule has 0 radical (unpaired) electrons. The number of aromatic nitrogens is 1. The van der Waals surface area contributed by atoms with E-state index in [9.17, 15) is 0 Å². The first-order chi connectivity index (χ1) is 13.8. The molecule has 2 N–H and O–H groups in total. The summed E-state index contributed by atoms with van der Waals surface area (Å²) in [7, 11) is 0. The highest BCUT2D eigenvalue weighted by molar-refractivity contribution is 6.07. The van der Waals surface area contributed by atoms with Crippen LogP contribution in [0, 0.1) is 0 Å². The zero-order valence-corrected chi connectivity index (χ0v) is 15.9. The van der Waals surface area contributed by atoms with Crippen LogP contribution in [0.1, 0.15) is 6.42 Å². The third kappa shape index (κ3) is 3.37. The second kappa shape index (κ2) is 8.24. The Labute approximate surface area is 165 Å². The highest BCUT2D eigenvalue weighted by Crippen LogP contribution is 2.34. The van der Waals surface area contributed by atoms with Crippen molar-refractivity contribution in [3.05, 3.63) is 85.5 Å². The lowest BCUT2D eigenvalue weighted by molar-refractivity contribution is -0.634. The van der Waals surface area contributed by atoms with Crippen LogP contribution in [0.15, 0.2) is 85.5 Å². The van der Waals surface area contributed by atoms with Gasteiger partial charge in [-0.15, -0.1) is 0 Å². The molecule has 3 nitrogen and oxygen atoms in total. The first-order valence-electron chi connectivity index (χ1n) is 9.73. The van der Waals surface area contributed by atoms with E-state index >= 15 is 0 Å². The molecule has 0 saturated carbocycles. The normalized spacial score (nSPS) is 11.0. The Morgan fingerprint density at radius 1 is 0.857 bits per heavy atom. The van der Waals surface area contributed by atoms with Gasteiger partial charge in [-0.25, -0.2) is 0 Å². The Balaban J connectivity index is 1.91. The highest BCUT2D eigenvalue weighted by atomic mass is 16.3. The molecule has 0 unspecified atom stereocenters. The van der Waals surface area contributed by atoms with Crippen LogP contribution in [0.25, 0.3) is 32.9 Å². The smallest absolute Gasteiger partial charge is 0.213 e. The number of rotatable bonds is 7. The molecule has 0 atom stereocenters. The van der Waals surface area contributed by atoms with Gasteiger partial charge < -0.3 is 10.4 Å². The molecule has 0 amide bonds. The minimum Gasteiger partial charge on any atom is -0.396 e. The van der Waals surface area contributed by atoms with E-state index in [1.54, 1.807) is 0 Å². The molecular weight excluding hydrogens is 344 g/mol. The number of hydrogen-bond donors (Lipinski definition) is 2. The quantitative estimate of drug-likeness (QED) is 0.210. The first kappa shape index (κ1) is 18.2. The van der Waals surface area contributed by atoms with Crippen molar-refractivity contribution in [2.45, 2.75) is 13.0 Å². The van der Waals surface area contributed by atoms with Crippen LogP contribution >= 0.6 is 0 Å². The van der Waals surface area contributed by atoms with Gasteiger partial charge in [0.25, 0.3) is 0 Å². The van der Waals surface area contributed by atoms with Crippen molar-refractivity contribution in [2.24, 2.45) is 0 Å². The van der Waals surface area contributed by atoms with Crippen molar-refractivity contribution in [3.63, 3.8) is 0 Å². The van der Waals surface area contributed by atoms with E-state index in [1.165, 1.54) is 32.9 Å². The number of pyridine rings is 1. The standard InChI is InChI=1S/C25H24N2O/c1-2-17-27-23-10-5-3-8-21(23)25(22-9-4-6-11-24(22)27)19-12-14-20(15-13-19)26-16-7-18-28/h2-6,8-15,28H,1,7,16-18H2/p+1. The third-order valence-corrected chi connectivity index (χ3v) is 5.08. The van der Waals surface area contributed by atoms with Crippen LogP contribution in [0.4, 0.5) is 5.69 Å². The molecule has 3 heteroatoms. The zero-order chi connectivity index (χ0) is 19.3. The molecule has 4 aromatic rings. The predicted octanol–water partition coefficient (Wildman–Crippen LogP) is 4.93. The van der Waals surface area contributed by atoms with E-state index in [0.29, 0.717) is 0 Å². The van der Waals surface area contributed by atoms with Crippen molar-refractivity contribution >= 4 is 27.5 Å². The van der Waals surface area contributed by atoms with Crippen molar-refractivity contribution in [3.8, 4) is 11.1 Å². The zero-order valence-electron chi connectivity index (χ0n) is 15.9. The summed E-state index contributed by atoms with van der Waals surface area (Å²) in [6.07, 6.45) is 2.70. The fourth-order valence-electron chi connectivity index (χ4n) is 3.82. The minimum absolute atomic E-state index is 0.206. The molecule has 4 rings (SSSR count). The van der Waals surface area contributed by atoms with Crippen LogP contribution in [0.3, 0.4) is 0 Å². The van der Waals surface area contributed by atoms with Gasteiger partial charge in [-0.3, -0.25) is 0 Å². The van der Waals surface area contributed by atoms with E-state index in [2.05, 4.69) is 89.3 Å². The van der Waals surface area contributed by atoms with E-state index in [-0.39, 0.29) is 6.61 Å². The Bertz CT molecular complexity index is 1060. The van der Waals surface area contributed by atoms with Crippen molar-refractivity contribution in [1.29, 1.82) is 0 Å². The van der Waals surface area contributed by atoms with Gasteiger partial charge in [0.1, 0.15) is 0 Å². The summed E-state index contributed by atoms with van der Waals surface area (Å²) in [6.45, 7) is 5.70. The van der Waals surface area contributed by atoms with E-state index in [1.807, 2.05) is 6.08 Å². The van der Waals surface area contributed by atoms with Crippen LogP contribution in [0.5, 0.6) is 0 Å². The van der Waals surface area contributed by atoms with Gasteiger partial charge in [-0.2, -0.15) is 4.57 Å². The number of nitrogens with zero attached hydrogens (tertiary/aromatic N) is 1. The fraction of sp³-hybridized carbons (Fsp3) is 0.160. The lowest BCUT2D eigenvalue weighted by Gasteiger charge is -2.12. The van der Waals surface area contributed by atoms with Crippen LogP contribution in [-0.2, 0) is 6.54 Å². The summed E-state index contributed by atoms with van der Waals surface area (Å²) < 4.78 is 2.33. The van der Waals surface area contributed by atoms with Gasteiger partial charge in [-0.1, -0.05) is 43.0 Å². The van der Waals surface area contributed by atoms with Crippen LogP contribution < -0.4 is 9.88 Å². The second-order valence-electron chi connectivity index (χ2n) is 6.89. The number of benzene rings is 3. The van der Waals surface area contributed by atoms with E-state index in [0.717, 1.165) is 25.2 Å². The second-order valence-corrected chi connectivity index (χ2v) is 6.89. The molecule has 0 fully saturated rings. The topological polar surface area (TPSA) is 36.1 Å². The molecule has 0 aliphatic rings. The maximum Gasteiger partial charge on any atom is 0.213 e. The molecule has 0 spiro atoms. The third-order valence-electron chi connectivity index (χ3n) is 5.08. The van der Waals surface area contributed by atoms with E-state index in [4.69, 9.17) is 5.11 Å². The summed E-state index contributed by atoms with van der Waals surface area (Å²) in [6, 6.07) is 25.7. The molecule has 0 saturated heterocycles. The Morgan fingerprint density at radius 3 is 2.04 bits per heavy atom. The molecule has 0 aliphatic carbocycles. The van der Waals surface area contributed by atoms with Gasteiger partial charge >= 0.3 is 0 Å². The number of anilines is 1. The molecule has 1 aromatic heterocycles. The number of allylic oxidation sites excluding steroid dienone is 1. The Kier molecular flexibility index (Phi) is 5.36.